The summed E-state index contributed by atoms with van der Waals surface area (Å²) in [6.07, 6.45) is 7.70. The molecule has 2 saturated carbocycles. The molecule has 0 radical (unpaired) electrons. The molecule has 0 aromatic heterocycles. The molecular weight excluding hydrogens is 232 g/mol. The fourth-order valence-corrected chi connectivity index (χ4v) is 2.70. The van der Waals surface area contributed by atoms with E-state index >= 15 is 0 Å². The molecule has 104 valence electrons. The van der Waals surface area contributed by atoms with Gasteiger partial charge in [0.05, 0.1) is 0 Å². The summed E-state index contributed by atoms with van der Waals surface area (Å²) in [5, 5.41) is 0. The van der Waals surface area contributed by atoms with Crippen LogP contribution in [0.15, 0.2) is 24.3 Å². The van der Waals surface area contributed by atoms with Crippen LogP contribution in [-0.2, 0) is 6.42 Å². The maximum atomic E-state index is 6.02. The summed E-state index contributed by atoms with van der Waals surface area (Å²) in [4.78, 5) is 2.64. The molecule has 2 fully saturated rings. The van der Waals surface area contributed by atoms with Crippen molar-refractivity contribution in [2.24, 2.45) is 11.7 Å². The van der Waals surface area contributed by atoms with Crippen molar-refractivity contribution in [3.05, 3.63) is 29.8 Å². The number of benzene rings is 1. The minimum absolute atomic E-state index is 0.303. The predicted molar refractivity (Wildman–Crippen MR) is 81.5 cm³/mol. The Kier molecular flexibility index (Phi) is 3.79. The van der Waals surface area contributed by atoms with Crippen molar-refractivity contribution in [3.8, 4) is 0 Å². The standard InChI is InChI=1S/C17H26N2/c1-2-15(18)11-13-5-7-16(8-6-13)19(17-9-10-17)12-14-3-4-14/h5-8,14-15,17H,2-4,9-12,18H2,1H3. The van der Waals surface area contributed by atoms with Gasteiger partial charge in [-0.3, -0.25) is 0 Å². The van der Waals surface area contributed by atoms with E-state index in [0.29, 0.717) is 6.04 Å². The van der Waals surface area contributed by atoms with Crippen LogP contribution in [-0.4, -0.2) is 18.6 Å². The summed E-state index contributed by atoms with van der Waals surface area (Å²) in [6.45, 7) is 3.43. The Hall–Kier alpha value is -1.02. The van der Waals surface area contributed by atoms with Crippen LogP contribution in [0.5, 0.6) is 0 Å². The first-order valence-corrected chi connectivity index (χ1v) is 7.87. The van der Waals surface area contributed by atoms with E-state index < -0.39 is 0 Å². The molecule has 1 atom stereocenters. The number of nitrogens with zero attached hydrogens (tertiary/aromatic N) is 1. The van der Waals surface area contributed by atoms with Crippen LogP contribution in [0.25, 0.3) is 0 Å². The second-order valence-electron chi connectivity index (χ2n) is 6.37. The summed E-state index contributed by atoms with van der Waals surface area (Å²) in [5.74, 6) is 0.966. The molecule has 2 N–H and O–H groups in total. The molecule has 19 heavy (non-hydrogen) atoms. The van der Waals surface area contributed by atoms with Crippen LogP contribution in [0.1, 0.15) is 44.6 Å². The molecule has 2 nitrogen and oxygen atoms in total. The maximum Gasteiger partial charge on any atom is 0.0368 e. The monoisotopic (exact) mass is 258 g/mol. The molecular formula is C17H26N2. The zero-order chi connectivity index (χ0) is 13.2. The molecule has 0 spiro atoms. The predicted octanol–water partition coefficient (Wildman–Crippen LogP) is 3.35. The first-order chi connectivity index (χ1) is 9.26. The van der Waals surface area contributed by atoms with E-state index in [0.717, 1.165) is 24.8 Å². The van der Waals surface area contributed by atoms with Crippen molar-refractivity contribution in [1.29, 1.82) is 0 Å². The van der Waals surface area contributed by atoms with Crippen LogP contribution in [0, 0.1) is 5.92 Å². The molecule has 1 unspecified atom stereocenters. The molecule has 2 aliphatic rings. The third-order valence-electron chi connectivity index (χ3n) is 4.43. The van der Waals surface area contributed by atoms with E-state index in [1.165, 1.54) is 43.5 Å². The largest absolute Gasteiger partial charge is 0.368 e. The highest BCUT2D eigenvalue weighted by Gasteiger charge is 2.33. The fourth-order valence-electron chi connectivity index (χ4n) is 2.70. The van der Waals surface area contributed by atoms with Gasteiger partial charge < -0.3 is 10.6 Å². The zero-order valence-corrected chi connectivity index (χ0v) is 12.0. The van der Waals surface area contributed by atoms with E-state index in [1.54, 1.807) is 0 Å². The van der Waals surface area contributed by atoms with Crippen LogP contribution in [0.4, 0.5) is 5.69 Å². The molecule has 2 heteroatoms. The zero-order valence-electron chi connectivity index (χ0n) is 12.0. The lowest BCUT2D eigenvalue weighted by atomic mass is 10.0. The average Bonchev–Trinajstić information content (AvgIpc) is 3.28. The molecule has 0 saturated heterocycles. The van der Waals surface area contributed by atoms with Gasteiger partial charge in [-0.25, -0.2) is 0 Å². The first kappa shape index (κ1) is 13.0. The van der Waals surface area contributed by atoms with Crippen molar-refractivity contribution in [3.63, 3.8) is 0 Å². The van der Waals surface area contributed by atoms with E-state index in [1.807, 2.05) is 0 Å². The Morgan fingerprint density at radius 2 is 1.84 bits per heavy atom. The van der Waals surface area contributed by atoms with Crippen LogP contribution in [0.2, 0.25) is 0 Å². The number of rotatable bonds is 7. The Morgan fingerprint density at radius 1 is 1.16 bits per heavy atom. The highest BCUT2D eigenvalue weighted by atomic mass is 15.2. The summed E-state index contributed by atoms with van der Waals surface area (Å²) < 4.78 is 0. The summed E-state index contributed by atoms with van der Waals surface area (Å²) >= 11 is 0. The fraction of sp³-hybridized carbons (Fsp3) is 0.647. The Labute approximate surface area is 117 Å². The SMILES string of the molecule is CCC(N)Cc1ccc(N(CC2CC2)C2CC2)cc1. The van der Waals surface area contributed by atoms with Crippen molar-refractivity contribution >= 4 is 5.69 Å². The molecule has 0 amide bonds. The van der Waals surface area contributed by atoms with Crippen LogP contribution in [0.3, 0.4) is 0 Å². The van der Waals surface area contributed by atoms with Crippen molar-refractivity contribution in [1.82, 2.24) is 0 Å². The number of hydrogen-bond acceptors (Lipinski definition) is 2. The number of anilines is 1. The molecule has 0 aliphatic heterocycles. The van der Waals surface area contributed by atoms with Crippen molar-refractivity contribution < 1.29 is 0 Å². The third kappa shape index (κ3) is 3.50. The Morgan fingerprint density at radius 3 is 2.37 bits per heavy atom. The van der Waals surface area contributed by atoms with E-state index in [9.17, 15) is 0 Å². The average molecular weight is 258 g/mol. The molecule has 1 aromatic carbocycles. The highest BCUT2D eigenvalue weighted by Crippen LogP contribution is 2.37. The molecule has 1 aromatic rings. The lowest BCUT2D eigenvalue weighted by Crippen LogP contribution is -2.28. The highest BCUT2D eigenvalue weighted by molar-refractivity contribution is 5.50. The van der Waals surface area contributed by atoms with Gasteiger partial charge in [0, 0.05) is 24.3 Å². The van der Waals surface area contributed by atoms with Crippen molar-refractivity contribution in [2.75, 3.05) is 11.4 Å². The van der Waals surface area contributed by atoms with Gasteiger partial charge in [0.1, 0.15) is 0 Å². The summed E-state index contributed by atoms with van der Waals surface area (Å²) in [6, 6.07) is 10.3. The topological polar surface area (TPSA) is 29.3 Å². The Balaban J connectivity index is 1.65. The summed E-state index contributed by atoms with van der Waals surface area (Å²) in [7, 11) is 0. The minimum Gasteiger partial charge on any atom is -0.368 e. The third-order valence-corrected chi connectivity index (χ3v) is 4.43. The van der Waals surface area contributed by atoms with Gasteiger partial charge in [-0.15, -0.1) is 0 Å². The Bertz CT molecular complexity index is 404. The second-order valence-corrected chi connectivity index (χ2v) is 6.37. The van der Waals surface area contributed by atoms with Gasteiger partial charge in [-0.1, -0.05) is 19.1 Å². The molecule has 2 aliphatic carbocycles. The summed E-state index contributed by atoms with van der Waals surface area (Å²) in [5.41, 5.74) is 8.82. The van der Waals surface area contributed by atoms with Crippen LogP contribution >= 0.6 is 0 Å². The second kappa shape index (κ2) is 5.54. The molecule has 3 rings (SSSR count). The quantitative estimate of drug-likeness (QED) is 0.812. The van der Waals surface area contributed by atoms with Gasteiger partial charge >= 0.3 is 0 Å². The van der Waals surface area contributed by atoms with Gasteiger partial charge in [0.25, 0.3) is 0 Å². The van der Waals surface area contributed by atoms with Gasteiger partial charge in [0.2, 0.25) is 0 Å². The maximum absolute atomic E-state index is 6.02. The number of hydrogen-bond donors (Lipinski definition) is 1. The van der Waals surface area contributed by atoms with Gasteiger partial charge in [-0.2, -0.15) is 0 Å². The lowest BCUT2D eigenvalue weighted by Gasteiger charge is -2.25. The van der Waals surface area contributed by atoms with E-state index in [-0.39, 0.29) is 0 Å². The van der Waals surface area contributed by atoms with Crippen molar-refractivity contribution in [2.45, 2.75) is 57.5 Å². The minimum atomic E-state index is 0.303. The van der Waals surface area contributed by atoms with Crippen LogP contribution < -0.4 is 10.6 Å². The lowest BCUT2D eigenvalue weighted by molar-refractivity contribution is 0.646. The first-order valence-electron chi connectivity index (χ1n) is 7.87. The van der Waals surface area contributed by atoms with E-state index in [4.69, 9.17) is 5.73 Å². The smallest absolute Gasteiger partial charge is 0.0368 e. The van der Waals surface area contributed by atoms with E-state index in [2.05, 4.69) is 36.1 Å². The number of nitrogens with two attached hydrogens (primary N) is 1. The van der Waals surface area contributed by atoms with Gasteiger partial charge in [-0.05, 0) is 62.1 Å². The molecule has 0 bridgehead atoms. The molecule has 0 heterocycles. The van der Waals surface area contributed by atoms with Gasteiger partial charge in [0.15, 0.2) is 0 Å². The normalized spacial score (nSPS) is 20.3.